The average molecular weight is 357 g/mol. The van der Waals surface area contributed by atoms with E-state index in [2.05, 4.69) is 21.2 Å². The summed E-state index contributed by atoms with van der Waals surface area (Å²) in [6, 6.07) is 4.35. The standard InChI is InChI=1S/C13H13BrN2O5/c1-20-8-2-3-10(14)9(6-8)12(18)21-7-11(17)16-5-4-15-13(16)19/h2-3,6H,4-5,7H2,1H3,(H,15,19). The average Bonchev–Trinajstić information content (AvgIpc) is 2.91. The van der Waals surface area contributed by atoms with Crippen LogP contribution in [-0.2, 0) is 9.53 Å². The summed E-state index contributed by atoms with van der Waals surface area (Å²) in [6.45, 7) is 0.188. The van der Waals surface area contributed by atoms with E-state index < -0.39 is 24.5 Å². The third-order valence-electron chi connectivity index (χ3n) is 2.88. The first-order valence-corrected chi connectivity index (χ1v) is 6.91. The summed E-state index contributed by atoms with van der Waals surface area (Å²) in [6.07, 6.45) is 0. The second-order valence-corrected chi connectivity index (χ2v) is 5.05. The van der Waals surface area contributed by atoms with Crippen LogP contribution in [0.2, 0.25) is 0 Å². The maximum atomic E-state index is 12.0. The number of halogens is 1. The summed E-state index contributed by atoms with van der Waals surface area (Å²) in [4.78, 5) is 36.0. The molecule has 1 aromatic carbocycles. The summed E-state index contributed by atoms with van der Waals surface area (Å²) < 4.78 is 10.5. The zero-order valence-corrected chi connectivity index (χ0v) is 12.8. The Balaban J connectivity index is 1.98. The van der Waals surface area contributed by atoms with Gasteiger partial charge in [-0.1, -0.05) is 0 Å². The van der Waals surface area contributed by atoms with E-state index >= 15 is 0 Å². The Labute approximate surface area is 129 Å². The molecule has 0 aliphatic carbocycles. The van der Waals surface area contributed by atoms with Crippen LogP contribution in [0.4, 0.5) is 4.79 Å². The summed E-state index contributed by atoms with van der Waals surface area (Å²) in [7, 11) is 1.48. The lowest BCUT2D eigenvalue weighted by Crippen LogP contribution is -2.37. The largest absolute Gasteiger partial charge is 0.497 e. The van der Waals surface area contributed by atoms with Crippen molar-refractivity contribution >= 4 is 33.8 Å². The number of nitrogens with one attached hydrogen (secondary N) is 1. The first-order chi connectivity index (χ1) is 10.0. The molecule has 1 aromatic rings. The lowest BCUT2D eigenvalue weighted by molar-refractivity contribution is -0.130. The van der Waals surface area contributed by atoms with E-state index in [9.17, 15) is 14.4 Å². The molecule has 0 radical (unpaired) electrons. The molecule has 2 rings (SSSR count). The van der Waals surface area contributed by atoms with Crippen LogP contribution in [0.15, 0.2) is 22.7 Å². The molecule has 1 N–H and O–H groups in total. The van der Waals surface area contributed by atoms with E-state index in [1.54, 1.807) is 12.1 Å². The Kier molecular flexibility index (Phi) is 4.79. The molecule has 0 spiro atoms. The van der Waals surface area contributed by atoms with Gasteiger partial charge in [-0.3, -0.25) is 9.69 Å². The van der Waals surface area contributed by atoms with Crippen LogP contribution in [0.1, 0.15) is 10.4 Å². The van der Waals surface area contributed by atoms with Crippen molar-refractivity contribution in [2.24, 2.45) is 0 Å². The van der Waals surface area contributed by atoms with E-state index in [0.29, 0.717) is 16.8 Å². The van der Waals surface area contributed by atoms with Crippen molar-refractivity contribution in [2.45, 2.75) is 0 Å². The van der Waals surface area contributed by atoms with Crippen molar-refractivity contribution in [3.8, 4) is 5.75 Å². The van der Waals surface area contributed by atoms with Gasteiger partial charge in [0, 0.05) is 17.6 Å². The van der Waals surface area contributed by atoms with Gasteiger partial charge in [-0.2, -0.15) is 0 Å². The number of ether oxygens (including phenoxy) is 2. The molecule has 0 saturated carbocycles. The third kappa shape index (κ3) is 3.52. The molecule has 1 aliphatic rings. The molecule has 1 heterocycles. The van der Waals surface area contributed by atoms with Gasteiger partial charge in [-0.15, -0.1) is 0 Å². The highest BCUT2D eigenvalue weighted by Crippen LogP contribution is 2.23. The first-order valence-electron chi connectivity index (χ1n) is 6.12. The molecule has 0 atom stereocenters. The highest BCUT2D eigenvalue weighted by Gasteiger charge is 2.27. The van der Waals surface area contributed by atoms with Gasteiger partial charge in [0.15, 0.2) is 6.61 Å². The van der Waals surface area contributed by atoms with Crippen LogP contribution in [-0.4, -0.2) is 49.6 Å². The number of benzene rings is 1. The number of methoxy groups -OCH3 is 1. The van der Waals surface area contributed by atoms with Crippen molar-refractivity contribution in [1.29, 1.82) is 0 Å². The monoisotopic (exact) mass is 356 g/mol. The maximum Gasteiger partial charge on any atom is 0.339 e. The van der Waals surface area contributed by atoms with Gasteiger partial charge in [-0.05, 0) is 34.1 Å². The molecule has 8 heteroatoms. The van der Waals surface area contributed by atoms with Gasteiger partial charge >= 0.3 is 12.0 Å². The van der Waals surface area contributed by atoms with E-state index in [4.69, 9.17) is 9.47 Å². The molecule has 1 fully saturated rings. The Morgan fingerprint density at radius 2 is 2.19 bits per heavy atom. The first kappa shape index (κ1) is 15.3. The Bertz CT molecular complexity index is 590. The van der Waals surface area contributed by atoms with Crippen LogP contribution in [0.25, 0.3) is 0 Å². The van der Waals surface area contributed by atoms with Crippen LogP contribution < -0.4 is 10.1 Å². The fourth-order valence-corrected chi connectivity index (χ4v) is 2.19. The molecule has 3 amide bonds. The van der Waals surface area contributed by atoms with Gasteiger partial charge < -0.3 is 14.8 Å². The third-order valence-corrected chi connectivity index (χ3v) is 3.57. The van der Waals surface area contributed by atoms with Crippen molar-refractivity contribution < 1.29 is 23.9 Å². The summed E-state index contributed by atoms with van der Waals surface area (Å²) in [5.74, 6) is -0.735. The zero-order chi connectivity index (χ0) is 15.4. The second kappa shape index (κ2) is 6.57. The molecule has 0 bridgehead atoms. The number of hydrogen-bond acceptors (Lipinski definition) is 5. The number of amides is 3. The molecule has 7 nitrogen and oxygen atoms in total. The lowest BCUT2D eigenvalue weighted by atomic mass is 10.2. The fourth-order valence-electron chi connectivity index (χ4n) is 1.78. The molecular weight excluding hydrogens is 344 g/mol. The molecule has 21 heavy (non-hydrogen) atoms. The predicted molar refractivity (Wildman–Crippen MR) is 76.1 cm³/mol. The number of esters is 1. The molecule has 1 saturated heterocycles. The number of imide groups is 1. The Morgan fingerprint density at radius 3 is 2.81 bits per heavy atom. The molecule has 1 aliphatic heterocycles. The van der Waals surface area contributed by atoms with Crippen molar-refractivity contribution in [3.05, 3.63) is 28.2 Å². The number of rotatable bonds is 4. The van der Waals surface area contributed by atoms with Crippen LogP contribution in [0.5, 0.6) is 5.75 Å². The normalized spacial score (nSPS) is 13.8. The van der Waals surface area contributed by atoms with Crippen LogP contribution in [0.3, 0.4) is 0 Å². The van der Waals surface area contributed by atoms with E-state index in [1.165, 1.54) is 13.2 Å². The van der Waals surface area contributed by atoms with Crippen LogP contribution in [0, 0.1) is 0 Å². The van der Waals surface area contributed by atoms with E-state index in [-0.39, 0.29) is 12.1 Å². The minimum atomic E-state index is -0.672. The fraction of sp³-hybridized carbons (Fsp3) is 0.308. The zero-order valence-electron chi connectivity index (χ0n) is 11.2. The minimum Gasteiger partial charge on any atom is -0.497 e. The number of hydrogen-bond donors (Lipinski definition) is 1. The van der Waals surface area contributed by atoms with Gasteiger partial charge in [-0.25, -0.2) is 9.59 Å². The Morgan fingerprint density at radius 1 is 1.43 bits per heavy atom. The summed E-state index contributed by atoms with van der Waals surface area (Å²) in [5.41, 5.74) is 0.244. The maximum absolute atomic E-state index is 12.0. The van der Waals surface area contributed by atoms with Crippen molar-refractivity contribution in [1.82, 2.24) is 10.2 Å². The molecule has 112 valence electrons. The quantitative estimate of drug-likeness (QED) is 0.818. The number of carbonyl (C=O) groups excluding carboxylic acids is 3. The molecule has 0 unspecified atom stereocenters. The minimum absolute atomic E-state index is 0.244. The highest BCUT2D eigenvalue weighted by atomic mass is 79.9. The van der Waals surface area contributed by atoms with Gasteiger partial charge in [0.2, 0.25) is 0 Å². The predicted octanol–water partition coefficient (Wildman–Crippen LogP) is 1.17. The number of nitrogens with zero attached hydrogens (tertiary/aromatic N) is 1. The summed E-state index contributed by atoms with van der Waals surface area (Å²) >= 11 is 3.23. The number of urea groups is 1. The smallest absolute Gasteiger partial charge is 0.339 e. The topological polar surface area (TPSA) is 84.9 Å². The van der Waals surface area contributed by atoms with Crippen molar-refractivity contribution in [2.75, 3.05) is 26.8 Å². The van der Waals surface area contributed by atoms with Gasteiger partial charge in [0.1, 0.15) is 5.75 Å². The van der Waals surface area contributed by atoms with Crippen LogP contribution >= 0.6 is 15.9 Å². The second-order valence-electron chi connectivity index (χ2n) is 4.20. The molecular formula is C13H13BrN2O5. The Hall–Kier alpha value is -2.09. The highest BCUT2D eigenvalue weighted by molar-refractivity contribution is 9.10. The molecule has 0 aromatic heterocycles. The van der Waals surface area contributed by atoms with Gasteiger partial charge in [0.05, 0.1) is 12.7 Å². The van der Waals surface area contributed by atoms with Gasteiger partial charge in [0.25, 0.3) is 5.91 Å². The summed E-state index contributed by atoms with van der Waals surface area (Å²) in [5, 5.41) is 2.50. The number of carbonyl (C=O) groups is 3. The van der Waals surface area contributed by atoms with E-state index in [0.717, 1.165) is 4.90 Å². The van der Waals surface area contributed by atoms with E-state index in [1.807, 2.05) is 0 Å². The lowest BCUT2D eigenvalue weighted by Gasteiger charge is -2.12. The van der Waals surface area contributed by atoms with Crippen molar-refractivity contribution in [3.63, 3.8) is 0 Å². The SMILES string of the molecule is COc1ccc(Br)c(C(=O)OCC(=O)N2CCNC2=O)c1.